The van der Waals surface area contributed by atoms with Crippen molar-refractivity contribution in [1.82, 2.24) is 0 Å². The van der Waals surface area contributed by atoms with Crippen LogP contribution in [0.3, 0.4) is 0 Å². The molecule has 0 heterocycles. The van der Waals surface area contributed by atoms with E-state index < -0.39 is 26.5 Å². The number of hydrogen-bond donors (Lipinski definition) is 1. The van der Waals surface area contributed by atoms with Crippen LogP contribution in [-0.2, 0) is 32.7 Å². The van der Waals surface area contributed by atoms with Crippen LogP contribution in [0.25, 0.3) is 0 Å². The van der Waals surface area contributed by atoms with Crippen LogP contribution < -0.4 is 0 Å². The van der Waals surface area contributed by atoms with Crippen molar-refractivity contribution in [2.45, 2.75) is 142 Å². The van der Waals surface area contributed by atoms with Crippen molar-refractivity contribution in [3.05, 3.63) is 0 Å². The summed E-state index contributed by atoms with van der Waals surface area (Å²) in [7, 11) is 1.48. The lowest BCUT2D eigenvalue weighted by atomic mass is 10.1. The first-order chi connectivity index (χ1) is 19.5. The van der Waals surface area contributed by atoms with E-state index in [4.69, 9.17) is 18.5 Å². The largest absolute Gasteiger partial charge is 0.472 e. The second kappa shape index (κ2) is 25.5. The molecule has 9 nitrogen and oxygen atoms in total. The number of carbonyl (C=O) groups excluding carboxylic acids is 2. The second-order valence-electron chi connectivity index (χ2n) is 12.2. The normalized spacial score (nSPS) is 14.0. The first-order valence-corrected chi connectivity index (χ1v) is 17.8. The number of ether oxygens (including phenoxy) is 2. The molecule has 0 saturated heterocycles. The van der Waals surface area contributed by atoms with E-state index in [1.165, 1.54) is 70.6 Å². The maximum atomic E-state index is 12.5. The van der Waals surface area contributed by atoms with Gasteiger partial charge in [-0.1, -0.05) is 110 Å². The van der Waals surface area contributed by atoms with E-state index in [1.54, 1.807) is 0 Å². The van der Waals surface area contributed by atoms with Gasteiger partial charge in [0.2, 0.25) is 0 Å². The molecule has 0 aromatic heterocycles. The quantitative estimate of drug-likeness (QED) is 0.0398. The van der Waals surface area contributed by atoms with E-state index in [0.717, 1.165) is 32.1 Å². The van der Waals surface area contributed by atoms with Gasteiger partial charge in [0.25, 0.3) is 0 Å². The van der Waals surface area contributed by atoms with Gasteiger partial charge in [-0.05, 0) is 12.8 Å². The van der Waals surface area contributed by atoms with E-state index in [1.807, 2.05) is 21.1 Å². The number of carbonyl (C=O) groups is 2. The summed E-state index contributed by atoms with van der Waals surface area (Å²) in [6.07, 6.45) is 18.8. The Morgan fingerprint density at radius 2 is 1.10 bits per heavy atom. The number of esters is 2. The average Bonchev–Trinajstić information content (AvgIpc) is 2.90. The molecule has 0 fully saturated rings. The van der Waals surface area contributed by atoms with Crippen LogP contribution >= 0.6 is 7.82 Å². The van der Waals surface area contributed by atoms with Crippen LogP contribution in [0.4, 0.5) is 0 Å². The van der Waals surface area contributed by atoms with Crippen molar-refractivity contribution >= 4 is 19.8 Å². The van der Waals surface area contributed by atoms with Crippen molar-refractivity contribution in [2.75, 3.05) is 47.5 Å². The highest BCUT2D eigenvalue weighted by molar-refractivity contribution is 7.47. The first-order valence-electron chi connectivity index (χ1n) is 16.3. The van der Waals surface area contributed by atoms with E-state index in [0.29, 0.717) is 23.9 Å². The molecule has 0 bridgehead atoms. The lowest BCUT2D eigenvalue weighted by molar-refractivity contribution is -0.870. The molecule has 0 amide bonds. The van der Waals surface area contributed by atoms with Crippen molar-refractivity contribution in [2.24, 2.45) is 0 Å². The summed E-state index contributed by atoms with van der Waals surface area (Å²) in [5, 5.41) is 0. The summed E-state index contributed by atoms with van der Waals surface area (Å²) in [4.78, 5) is 34.8. The number of phosphoric ester groups is 1. The number of nitrogens with zero attached hydrogens (tertiary/aromatic N) is 1. The molecule has 0 radical (unpaired) electrons. The third-order valence-electron chi connectivity index (χ3n) is 6.89. The summed E-state index contributed by atoms with van der Waals surface area (Å²) in [5.74, 6) is -0.805. The predicted molar refractivity (Wildman–Crippen MR) is 165 cm³/mol. The summed E-state index contributed by atoms with van der Waals surface area (Å²) in [6.45, 7) is 4.33. The molecule has 0 saturated carbocycles. The van der Waals surface area contributed by atoms with Gasteiger partial charge >= 0.3 is 19.8 Å². The van der Waals surface area contributed by atoms with Crippen LogP contribution in [0.1, 0.15) is 136 Å². The topological polar surface area (TPSA) is 108 Å². The molecular formula is C31H63NO8P+. The molecule has 0 aliphatic heterocycles. The zero-order chi connectivity index (χ0) is 30.8. The van der Waals surface area contributed by atoms with E-state index in [9.17, 15) is 19.0 Å². The molecule has 0 aliphatic rings. The van der Waals surface area contributed by atoms with Gasteiger partial charge in [-0.15, -0.1) is 0 Å². The first kappa shape index (κ1) is 40.0. The third kappa shape index (κ3) is 28.9. The van der Waals surface area contributed by atoms with Crippen molar-refractivity contribution < 1.29 is 42.1 Å². The molecule has 0 aliphatic carbocycles. The van der Waals surface area contributed by atoms with Gasteiger partial charge in [0.1, 0.15) is 19.8 Å². The molecule has 1 unspecified atom stereocenters. The van der Waals surface area contributed by atoms with Crippen LogP contribution in [0, 0.1) is 0 Å². The zero-order valence-electron chi connectivity index (χ0n) is 27.0. The highest BCUT2D eigenvalue weighted by Gasteiger charge is 2.27. The summed E-state index contributed by atoms with van der Waals surface area (Å²) < 4.78 is 33.9. The summed E-state index contributed by atoms with van der Waals surface area (Å²) in [5.41, 5.74) is 0. The predicted octanol–water partition coefficient (Wildman–Crippen LogP) is 7.73. The van der Waals surface area contributed by atoms with Gasteiger partial charge < -0.3 is 18.9 Å². The molecule has 0 rings (SSSR count). The lowest BCUT2D eigenvalue weighted by Crippen LogP contribution is -2.37. The van der Waals surface area contributed by atoms with E-state index in [-0.39, 0.29) is 25.6 Å². The molecule has 2 atom stereocenters. The third-order valence-corrected chi connectivity index (χ3v) is 7.87. The molecule has 0 aromatic carbocycles. The van der Waals surface area contributed by atoms with Gasteiger partial charge in [0.15, 0.2) is 6.10 Å². The lowest BCUT2D eigenvalue weighted by Gasteiger charge is -2.24. The highest BCUT2D eigenvalue weighted by Crippen LogP contribution is 2.43. The van der Waals surface area contributed by atoms with Gasteiger partial charge in [0.05, 0.1) is 27.7 Å². The maximum absolute atomic E-state index is 12.5. The van der Waals surface area contributed by atoms with Crippen molar-refractivity contribution in [3.63, 3.8) is 0 Å². The Morgan fingerprint density at radius 1 is 0.659 bits per heavy atom. The number of rotatable bonds is 29. The fourth-order valence-corrected chi connectivity index (χ4v) is 4.99. The van der Waals surface area contributed by atoms with Crippen LogP contribution in [0.5, 0.6) is 0 Å². The minimum atomic E-state index is -4.34. The number of quaternary nitrogens is 1. The fraction of sp³-hybridized carbons (Fsp3) is 0.935. The van der Waals surface area contributed by atoms with Crippen LogP contribution in [0.15, 0.2) is 0 Å². The Labute approximate surface area is 251 Å². The Bertz CT molecular complexity index is 698. The molecule has 1 N–H and O–H groups in total. The minimum absolute atomic E-state index is 0.0356. The monoisotopic (exact) mass is 608 g/mol. The molecule has 41 heavy (non-hydrogen) atoms. The van der Waals surface area contributed by atoms with Crippen molar-refractivity contribution in [1.29, 1.82) is 0 Å². The van der Waals surface area contributed by atoms with Crippen LogP contribution in [0.2, 0.25) is 0 Å². The summed E-state index contributed by atoms with van der Waals surface area (Å²) >= 11 is 0. The van der Waals surface area contributed by atoms with Gasteiger partial charge in [-0.25, -0.2) is 4.57 Å². The minimum Gasteiger partial charge on any atom is -0.462 e. The summed E-state index contributed by atoms with van der Waals surface area (Å²) in [6, 6.07) is 0. The van der Waals surface area contributed by atoms with Gasteiger partial charge in [-0.2, -0.15) is 0 Å². The van der Waals surface area contributed by atoms with E-state index in [2.05, 4.69) is 13.8 Å². The number of hydrogen-bond acceptors (Lipinski definition) is 7. The maximum Gasteiger partial charge on any atom is 0.472 e. The van der Waals surface area contributed by atoms with Gasteiger partial charge in [-0.3, -0.25) is 18.6 Å². The Kier molecular flexibility index (Phi) is 24.9. The number of likely N-dealkylation sites (N-methyl/N-ethyl adjacent to an activating group) is 1. The molecular weight excluding hydrogens is 545 g/mol. The molecule has 244 valence electrons. The fourth-order valence-electron chi connectivity index (χ4n) is 4.25. The molecule has 0 aromatic rings. The van der Waals surface area contributed by atoms with Crippen LogP contribution in [-0.4, -0.2) is 74.9 Å². The molecule has 0 spiro atoms. The zero-order valence-corrected chi connectivity index (χ0v) is 27.9. The van der Waals surface area contributed by atoms with E-state index >= 15 is 0 Å². The standard InChI is InChI=1S/C31H62NO8P/c1-6-8-10-12-14-15-16-18-20-22-24-31(34)40-29(28-39-41(35,36)38-26-25-32(3,4)5)27-37-30(33)23-21-19-17-13-11-9-7-2/h29H,6-28H2,1-5H3/p+1/t29-/m1/s1. The number of phosphoric acid groups is 1. The van der Waals surface area contributed by atoms with Crippen molar-refractivity contribution in [3.8, 4) is 0 Å². The smallest absolute Gasteiger partial charge is 0.462 e. The average molecular weight is 609 g/mol. The Balaban J connectivity index is 4.52. The number of unbranched alkanes of at least 4 members (excludes halogenated alkanes) is 15. The molecule has 10 heteroatoms. The highest BCUT2D eigenvalue weighted by atomic mass is 31.2. The second-order valence-corrected chi connectivity index (χ2v) is 13.7. The Morgan fingerprint density at radius 3 is 1.56 bits per heavy atom. The Hall–Kier alpha value is -0.990. The SMILES string of the molecule is CCCCCCCCCCCCC(=O)O[C@H](COC(=O)CCCCCCCCC)COP(=O)(O)OCC[N+](C)(C)C. The van der Waals surface area contributed by atoms with Gasteiger partial charge in [0, 0.05) is 12.8 Å².